The lowest BCUT2D eigenvalue weighted by Crippen LogP contribution is -1.97. The monoisotopic (exact) mass is 311 g/mol. The van der Waals surface area contributed by atoms with Gasteiger partial charge in [0.1, 0.15) is 5.01 Å². The number of fused-ring (bicyclic) bond motifs is 1. The van der Waals surface area contributed by atoms with Crippen molar-refractivity contribution < 1.29 is 10.0 Å². The Bertz CT molecular complexity index is 900. The lowest BCUT2D eigenvalue weighted by Gasteiger charge is -2.05. The Morgan fingerprint density at radius 1 is 1.18 bits per heavy atom. The van der Waals surface area contributed by atoms with Crippen LogP contribution in [0.4, 0.5) is 5.69 Å². The van der Waals surface area contributed by atoms with Gasteiger partial charge in [-0.25, -0.2) is 4.98 Å². The zero-order chi connectivity index (χ0) is 15.7. The van der Waals surface area contributed by atoms with Gasteiger partial charge >= 0.3 is 0 Å². The number of hydrogen-bond donors (Lipinski definition) is 0. The van der Waals surface area contributed by atoms with E-state index < -0.39 is 16.4 Å². The summed E-state index contributed by atoms with van der Waals surface area (Å²) in [7, 11) is 0. The molecule has 5 nitrogen and oxygen atoms in total. The molecule has 0 saturated heterocycles. The second-order valence-corrected chi connectivity index (χ2v) is 5.90. The summed E-state index contributed by atoms with van der Waals surface area (Å²) < 4.78 is 1.09. The van der Waals surface area contributed by atoms with Gasteiger partial charge in [-0.1, -0.05) is 24.3 Å². The topological polar surface area (TPSA) is 79.1 Å². The third-order valence-corrected chi connectivity index (χ3v) is 4.16. The zero-order valence-electron chi connectivity index (χ0n) is 11.6. The van der Waals surface area contributed by atoms with Crippen molar-refractivity contribution in [2.45, 2.75) is 6.92 Å². The van der Waals surface area contributed by atoms with Crippen LogP contribution in [0, 0.1) is 17.0 Å². The standard InChI is InChI=1S/C16H12N2O3S/c1-10-2-6-15-12(8-10)17-16(22-15)7-4-11-3-5-14(19)13(9-11)18(20)21/h2-9,19H,1H3/p-1/b7-4+. The summed E-state index contributed by atoms with van der Waals surface area (Å²) in [4.78, 5) is 14.6. The molecule has 0 aliphatic carbocycles. The van der Waals surface area contributed by atoms with Gasteiger partial charge in [0.05, 0.1) is 15.1 Å². The Hall–Kier alpha value is -2.73. The van der Waals surface area contributed by atoms with Crippen LogP contribution in [0.3, 0.4) is 0 Å². The van der Waals surface area contributed by atoms with Gasteiger partial charge in [-0.3, -0.25) is 10.1 Å². The fourth-order valence-electron chi connectivity index (χ4n) is 2.07. The number of thiazole rings is 1. The van der Waals surface area contributed by atoms with Crippen molar-refractivity contribution >= 4 is 39.4 Å². The molecule has 22 heavy (non-hydrogen) atoms. The van der Waals surface area contributed by atoms with Gasteiger partial charge in [-0.15, -0.1) is 11.3 Å². The molecule has 0 amide bonds. The second-order valence-electron chi connectivity index (χ2n) is 4.84. The van der Waals surface area contributed by atoms with Gasteiger partial charge in [0.2, 0.25) is 0 Å². The first-order valence-electron chi connectivity index (χ1n) is 6.54. The first-order chi connectivity index (χ1) is 10.5. The van der Waals surface area contributed by atoms with Gasteiger partial charge in [-0.2, -0.15) is 0 Å². The molecule has 1 aromatic heterocycles. The Kier molecular flexibility index (Phi) is 3.60. The molecule has 0 aliphatic heterocycles. The third kappa shape index (κ3) is 2.82. The molecule has 3 rings (SSSR count). The van der Waals surface area contributed by atoms with E-state index in [1.165, 1.54) is 12.1 Å². The molecule has 0 saturated carbocycles. The summed E-state index contributed by atoms with van der Waals surface area (Å²) in [5, 5.41) is 22.9. The van der Waals surface area contributed by atoms with Gasteiger partial charge in [0.15, 0.2) is 0 Å². The quantitative estimate of drug-likeness (QED) is 0.545. The summed E-state index contributed by atoms with van der Waals surface area (Å²) >= 11 is 1.55. The molecule has 3 aromatic rings. The molecule has 2 aromatic carbocycles. The van der Waals surface area contributed by atoms with Crippen LogP contribution >= 0.6 is 11.3 Å². The van der Waals surface area contributed by atoms with E-state index in [-0.39, 0.29) is 0 Å². The number of nitro benzene ring substituents is 1. The lowest BCUT2D eigenvalue weighted by molar-refractivity contribution is -0.398. The van der Waals surface area contributed by atoms with Crippen molar-refractivity contribution in [3.05, 3.63) is 62.6 Å². The number of hydrogen-bond acceptors (Lipinski definition) is 5. The lowest BCUT2D eigenvalue weighted by atomic mass is 10.2. The fraction of sp³-hybridized carbons (Fsp3) is 0.0625. The number of aryl methyl sites for hydroxylation is 1. The Balaban J connectivity index is 1.92. The second kappa shape index (κ2) is 5.57. The van der Waals surface area contributed by atoms with Gasteiger partial charge in [0, 0.05) is 6.07 Å². The van der Waals surface area contributed by atoms with E-state index in [0.29, 0.717) is 5.56 Å². The Morgan fingerprint density at radius 3 is 2.77 bits per heavy atom. The summed E-state index contributed by atoms with van der Waals surface area (Å²) in [5.41, 5.74) is 2.27. The van der Waals surface area contributed by atoms with Crippen LogP contribution in [-0.4, -0.2) is 9.91 Å². The molecule has 1 heterocycles. The third-order valence-electron chi connectivity index (χ3n) is 3.16. The highest BCUT2D eigenvalue weighted by atomic mass is 32.1. The van der Waals surface area contributed by atoms with Crippen LogP contribution in [0.2, 0.25) is 0 Å². The van der Waals surface area contributed by atoms with Crippen LogP contribution in [0.25, 0.3) is 22.4 Å². The van der Waals surface area contributed by atoms with Gasteiger partial charge in [-0.05, 0) is 42.0 Å². The SMILES string of the molecule is Cc1ccc2sc(/C=C/c3ccc([O-])c([N+](=O)[O-])c3)nc2c1. The largest absolute Gasteiger partial charge is 0.868 e. The number of nitro groups is 1. The van der Waals surface area contributed by atoms with Gasteiger partial charge < -0.3 is 5.11 Å². The molecule has 0 unspecified atom stereocenters. The molecule has 0 fully saturated rings. The Morgan fingerprint density at radius 2 is 2.00 bits per heavy atom. The smallest absolute Gasteiger partial charge is 0.262 e. The van der Waals surface area contributed by atoms with Crippen LogP contribution in [0.15, 0.2) is 36.4 Å². The first-order valence-corrected chi connectivity index (χ1v) is 7.35. The fourth-order valence-corrected chi connectivity index (χ4v) is 2.93. The summed E-state index contributed by atoms with van der Waals surface area (Å²) in [6, 6.07) is 10.1. The molecular weight excluding hydrogens is 300 g/mol. The maximum Gasteiger partial charge on any atom is 0.262 e. The van der Waals surface area contributed by atoms with E-state index in [4.69, 9.17) is 0 Å². The molecular formula is C16H11N2O3S-. The van der Waals surface area contributed by atoms with E-state index in [2.05, 4.69) is 4.98 Å². The molecule has 0 aliphatic rings. The van der Waals surface area contributed by atoms with Crippen molar-refractivity contribution in [1.82, 2.24) is 4.98 Å². The molecule has 0 radical (unpaired) electrons. The average molecular weight is 311 g/mol. The van der Waals surface area contributed by atoms with E-state index in [1.54, 1.807) is 29.6 Å². The van der Waals surface area contributed by atoms with Crippen LogP contribution in [-0.2, 0) is 0 Å². The summed E-state index contributed by atoms with van der Waals surface area (Å²) in [6.07, 6.45) is 3.51. The van der Waals surface area contributed by atoms with E-state index in [0.717, 1.165) is 20.8 Å². The Labute approximate surface area is 130 Å². The summed E-state index contributed by atoms with van der Waals surface area (Å²) in [6.45, 7) is 2.01. The number of nitrogens with zero attached hydrogens (tertiary/aromatic N) is 2. The van der Waals surface area contributed by atoms with Crippen molar-refractivity contribution in [2.24, 2.45) is 0 Å². The van der Waals surface area contributed by atoms with Crippen molar-refractivity contribution in [3.8, 4) is 5.75 Å². The highest BCUT2D eigenvalue weighted by molar-refractivity contribution is 7.19. The normalized spacial score (nSPS) is 11.3. The highest BCUT2D eigenvalue weighted by Gasteiger charge is 2.07. The van der Waals surface area contributed by atoms with Crippen molar-refractivity contribution in [3.63, 3.8) is 0 Å². The van der Waals surface area contributed by atoms with Gasteiger partial charge in [0.25, 0.3) is 5.69 Å². The van der Waals surface area contributed by atoms with Crippen molar-refractivity contribution in [2.75, 3.05) is 0 Å². The minimum absolute atomic E-state index is 0.415. The predicted octanol–water partition coefficient (Wildman–Crippen LogP) is 3.76. The molecule has 0 spiro atoms. The molecule has 110 valence electrons. The molecule has 0 N–H and O–H groups in total. The number of rotatable bonds is 3. The van der Waals surface area contributed by atoms with E-state index >= 15 is 0 Å². The average Bonchev–Trinajstić information content (AvgIpc) is 2.88. The summed E-state index contributed by atoms with van der Waals surface area (Å²) in [5.74, 6) is -0.586. The first kappa shape index (κ1) is 14.2. The van der Waals surface area contributed by atoms with Crippen LogP contribution < -0.4 is 5.11 Å². The van der Waals surface area contributed by atoms with Crippen LogP contribution in [0.5, 0.6) is 5.75 Å². The maximum atomic E-state index is 11.4. The number of aromatic nitrogens is 1. The molecule has 6 heteroatoms. The van der Waals surface area contributed by atoms with E-state index in [1.807, 2.05) is 25.1 Å². The molecule has 0 bridgehead atoms. The van der Waals surface area contributed by atoms with E-state index in [9.17, 15) is 15.2 Å². The maximum absolute atomic E-state index is 11.4. The van der Waals surface area contributed by atoms with Crippen molar-refractivity contribution in [1.29, 1.82) is 0 Å². The number of benzene rings is 2. The molecule has 0 atom stereocenters. The minimum atomic E-state index is -0.667. The predicted molar refractivity (Wildman–Crippen MR) is 85.8 cm³/mol. The minimum Gasteiger partial charge on any atom is -0.868 e. The van der Waals surface area contributed by atoms with Crippen LogP contribution in [0.1, 0.15) is 16.1 Å². The zero-order valence-corrected chi connectivity index (χ0v) is 12.5. The highest BCUT2D eigenvalue weighted by Crippen LogP contribution is 2.27.